The van der Waals surface area contributed by atoms with Crippen LogP contribution in [0.2, 0.25) is 0 Å². The molecule has 124 valence electrons. The topological polar surface area (TPSA) is 81.4 Å². The first-order valence-corrected chi connectivity index (χ1v) is 7.49. The van der Waals surface area contributed by atoms with Crippen molar-refractivity contribution in [3.8, 4) is 0 Å². The molecule has 0 unspecified atom stereocenters. The van der Waals surface area contributed by atoms with E-state index in [0.29, 0.717) is 6.42 Å². The van der Waals surface area contributed by atoms with Crippen molar-refractivity contribution in [2.24, 2.45) is 5.73 Å². The van der Waals surface area contributed by atoms with Crippen molar-refractivity contribution in [1.29, 1.82) is 0 Å². The highest BCUT2D eigenvalue weighted by atomic mass is 16.5. The zero-order valence-corrected chi connectivity index (χ0v) is 12.8. The fourth-order valence-corrected chi connectivity index (χ4v) is 2.24. The summed E-state index contributed by atoms with van der Waals surface area (Å²) in [5.74, 6) is 0.139. The molecule has 2 aromatic rings. The van der Waals surface area contributed by atoms with Gasteiger partial charge in [-0.25, -0.2) is 4.79 Å². The molecule has 0 saturated heterocycles. The van der Waals surface area contributed by atoms with Crippen LogP contribution in [0.25, 0.3) is 0 Å². The summed E-state index contributed by atoms with van der Waals surface area (Å²) in [7, 11) is 0. The van der Waals surface area contributed by atoms with Gasteiger partial charge in [0, 0.05) is 15.0 Å². The van der Waals surface area contributed by atoms with E-state index in [4.69, 9.17) is 5.73 Å². The molecule has 3 rings (SSSR count). The number of hydrogen-bond donors (Lipinski definition) is 2. The molecule has 1 aliphatic heterocycles. The number of nitrogens with two attached hydrogens (primary N) is 1. The third-order valence-electron chi connectivity index (χ3n) is 3.37. The van der Waals surface area contributed by atoms with Crippen molar-refractivity contribution in [2.75, 3.05) is 5.32 Å². The van der Waals surface area contributed by atoms with Gasteiger partial charge in [0.25, 0.3) is 0 Å². The van der Waals surface area contributed by atoms with Gasteiger partial charge < -0.3 is 15.8 Å². The number of carbonyl (C=O) groups is 2. The second-order valence-electron chi connectivity index (χ2n) is 5.15. The van der Waals surface area contributed by atoms with Crippen LogP contribution in [0.15, 0.2) is 54.6 Å². The molecular formula is C18H24N2O3. The molecule has 0 fully saturated rings. The van der Waals surface area contributed by atoms with E-state index in [9.17, 15) is 9.59 Å². The molecular weight excluding hydrogens is 292 g/mol. The maximum Gasteiger partial charge on any atom is 0.404 e. The van der Waals surface area contributed by atoms with Gasteiger partial charge in [0.05, 0.1) is 0 Å². The normalized spacial score (nSPS) is 12.8. The third kappa shape index (κ3) is 5.82. The van der Waals surface area contributed by atoms with E-state index < -0.39 is 6.09 Å². The third-order valence-corrected chi connectivity index (χ3v) is 3.37. The van der Waals surface area contributed by atoms with Gasteiger partial charge in [0.1, 0.15) is 6.61 Å². The zero-order chi connectivity index (χ0) is 16.5. The minimum atomic E-state index is -0.742. The Hall–Kier alpha value is -2.82. The van der Waals surface area contributed by atoms with Crippen molar-refractivity contribution in [3.63, 3.8) is 0 Å². The summed E-state index contributed by atoms with van der Waals surface area (Å²) in [6, 6.07) is 17.4. The molecule has 23 heavy (non-hydrogen) atoms. The van der Waals surface area contributed by atoms with E-state index in [1.165, 1.54) is 5.56 Å². The van der Waals surface area contributed by atoms with E-state index in [2.05, 4.69) is 16.1 Å². The van der Waals surface area contributed by atoms with Gasteiger partial charge in [0.15, 0.2) is 0 Å². The fourth-order valence-electron chi connectivity index (χ4n) is 2.24. The summed E-state index contributed by atoms with van der Waals surface area (Å²) in [6.07, 6.45) is 1.88. The van der Waals surface area contributed by atoms with Gasteiger partial charge in [-0.15, -0.1) is 0 Å². The van der Waals surface area contributed by atoms with E-state index in [-0.39, 0.29) is 15.4 Å². The van der Waals surface area contributed by atoms with Crippen LogP contribution in [0.4, 0.5) is 10.5 Å². The largest absolute Gasteiger partial charge is 0.445 e. The van der Waals surface area contributed by atoms with Crippen LogP contribution >= 0.6 is 0 Å². The van der Waals surface area contributed by atoms with E-state index in [0.717, 1.165) is 24.1 Å². The van der Waals surface area contributed by atoms with Crippen LogP contribution < -0.4 is 11.1 Å². The summed E-state index contributed by atoms with van der Waals surface area (Å²) in [6.45, 7) is 0.246. The molecule has 0 spiro atoms. The minimum absolute atomic E-state index is 0. The second-order valence-corrected chi connectivity index (χ2v) is 5.15. The fraction of sp³-hybridized carbons (Fsp3) is 0.222. The number of ether oxygens (including phenoxy) is 1. The number of primary amides is 1. The van der Waals surface area contributed by atoms with Crippen LogP contribution in [-0.4, -0.2) is 12.0 Å². The van der Waals surface area contributed by atoms with Gasteiger partial charge in [0.2, 0.25) is 5.91 Å². The quantitative estimate of drug-likeness (QED) is 0.885. The predicted molar refractivity (Wildman–Crippen MR) is 93.1 cm³/mol. The Bertz CT molecular complexity index is 666. The number of fused-ring (bicyclic) bond motifs is 1. The summed E-state index contributed by atoms with van der Waals surface area (Å²) in [4.78, 5) is 21.3. The molecule has 0 radical (unpaired) electrons. The maximum absolute atomic E-state index is 11.1. The summed E-state index contributed by atoms with van der Waals surface area (Å²) < 4.78 is 4.57. The lowest BCUT2D eigenvalue weighted by Crippen LogP contribution is -2.12. The van der Waals surface area contributed by atoms with Crippen LogP contribution in [0.3, 0.4) is 0 Å². The Morgan fingerprint density at radius 1 is 1.09 bits per heavy atom. The number of nitrogens with one attached hydrogen (secondary N) is 1. The van der Waals surface area contributed by atoms with Crippen molar-refractivity contribution in [3.05, 3.63) is 65.7 Å². The predicted octanol–water partition coefficient (Wildman–Crippen LogP) is 3.74. The number of rotatable bonds is 2. The highest BCUT2D eigenvalue weighted by Gasteiger charge is 2.10. The summed E-state index contributed by atoms with van der Waals surface area (Å²) >= 11 is 0. The molecule has 2 aromatic carbocycles. The number of carbonyl (C=O) groups excluding carboxylic acids is 2. The number of para-hydroxylation sites is 1. The first kappa shape index (κ1) is 16.5. The first-order chi connectivity index (χ1) is 11.1. The van der Waals surface area contributed by atoms with Crippen molar-refractivity contribution >= 4 is 17.7 Å². The molecule has 0 bridgehead atoms. The van der Waals surface area contributed by atoms with Crippen molar-refractivity contribution < 1.29 is 17.2 Å². The first-order valence-electron chi connectivity index (χ1n) is 7.49. The van der Waals surface area contributed by atoms with Crippen LogP contribution in [0.5, 0.6) is 0 Å². The van der Waals surface area contributed by atoms with Crippen molar-refractivity contribution in [2.45, 2.75) is 25.9 Å². The van der Waals surface area contributed by atoms with E-state index in [1.807, 2.05) is 48.5 Å². The molecule has 1 aliphatic rings. The Morgan fingerprint density at radius 3 is 2.52 bits per heavy atom. The standard InChI is InChI=1S/C10H11NO.C8H9NO2.2H2/c12-10-7-3-5-8-4-1-2-6-9(8)11-10;9-8(10)11-6-7-4-2-1-3-5-7;;/h1-2,4,6H,3,5,7H2,(H,11,12);1-5H,6H2,(H2,9,10);2*1H. The Kier molecular flexibility index (Phi) is 6.17. The lowest BCUT2D eigenvalue weighted by Gasteiger charge is -2.04. The maximum atomic E-state index is 11.1. The van der Waals surface area contributed by atoms with Crippen molar-refractivity contribution in [1.82, 2.24) is 0 Å². The Morgan fingerprint density at radius 2 is 1.78 bits per heavy atom. The lowest BCUT2D eigenvalue weighted by atomic mass is 10.1. The lowest BCUT2D eigenvalue weighted by molar-refractivity contribution is -0.116. The van der Waals surface area contributed by atoms with Gasteiger partial charge in [-0.05, 0) is 30.0 Å². The molecule has 0 atom stereocenters. The monoisotopic (exact) mass is 316 g/mol. The molecule has 5 heteroatoms. The molecule has 0 aliphatic carbocycles. The number of amides is 2. The zero-order valence-electron chi connectivity index (χ0n) is 12.8. The molecule has 1 heterocycles. The summed E-state index contributed by atoms with van der Waals surface area (Å²) in [5.41, 5.74) is 7.95. The van der Waals surface area contributed by atoms with Crippen LogP contribution in [0, 0.1) is 0 Å². The van der Waals surface area contributed by atoms with E-state index in [1.54, 1.807) is 0 Å². The second kappa shape index (κ2) is 8.58. The van der Waals surface area contributed by atoms with Gasteiger partial charge in [-0.2, -0.15) is 0 Å². The average molecular weight is 316 g/mol. The van der Waals surface area contributed by atoms with E-state index >= 15 is 0 Å². The Labute approximate surface area is 138 Å². The SMILES string of the molecule is NC(=O)OCc1ccccc1.O=C1CCCc2ccccc2N1.[HH].[HH]. The van der Waals surface area contributed by atoms with Gasteiger partial charge in [-0.1, -0.05) is 48.5 Å². The van der Waals surface area contributed by atoms with Crippen LogP contribution in [-0.2, 0) is 22.6 Å². The average Bonchev–Trinajstić information content (AvgIpc) is 2.75. The molecule has 0 aromatic heterocycles. The van der Waals surface area contributed by atoms with Gasteiger partial charge in [-0.3, -0.25) is 4.79 Å². The number of hydrogen-bond acceptors (Lipinski definition) is 3. The summed E-state index contributed by atoms with van der Waals surface area (Å²) in [5, 5.41) is 2.88. The number of benzene rings is 2. The minimum Gasteiger partial charge on any atom is -0.445 e. The number of aryl methyl sites for hydroxylation is 1. The molecule has 2 amide bonds. The molecule has 3 N–H and O–H groups in total. The smallest absolute Gasteiger partial charge is 0.404 e. The molecule has 0 saturated carbocycles. The Balaban J connectivity index is 0.000000429. The number of anilines is 1. The highest BCUT2D eigenvalue weighted by molar-refractivity contribution is 5.92. The van der Waals surface area contributed by atoms with Crippen LogP contribution in [0.1, 0.15) is 26.8 Å². The molecule has 5 nitrogen and oxygen atoms in total. The highest BCUT2D eigenvalue weighted by Crippen LogP contribution is 2.20. The van der Waals surface area contributed by atoms with Gasteiger partial charge >= 0.3 is 6.09 Å².